The predicted molar refractivity (Wildman–Crippen MR) is 73.6 cm³/mol. The van der Waals surface area contributed by atoms with Gasteiger partial charge in [0.1, 0.15) is 17.2 Å². The minimum absolute atomic E-state index is 0.176. The van der Waals surface area contributed by atoms with Crippen molar-refractivity contribution in [3.05, 3.63) is 33.7 Å². The third-order valence-corrected chi connectivity index (χ3v) is 3.33. The Kier molecular flexibility index (Phi) is 3.73. The summed E-state index contributed by atoms with van der Waals surface area (Å²) in [4.78, 5) is 26.3. The lowest BCUT2D eigenvalue weighted by molar-refractivity contribution is -0.385. The molecule has 0 radical (unpaired) electrons. The van der Waals surface area contributed by atoms with Crippen LogP contribution in [0.15, 0.2) is 16.5 Å². The van der Waals surface area contributed by atoms with Crippen molar-refractivity contribution in [1.82, 2.24) is 10.3 Å². The molecule has 9 nitrogen and oxygen atoms in total. The molecule has 22 heavy (non-hydrogen) atoms. The topological polar surface area (TPSA) is 117 Å². The molecule has 0 spiro atoms. The molecule has 0 aliphatic carbocycles. The molecule has 2 aromatic rings. The molecule has 1 unspecified atom stereocenters. The van der Waals surface area contributed by atoms with E-state index in [0.717, 1.165) is 13.7 Å². The van der Waals surface area contributed by atoms with Crippen molar-refractivity contribution in [1.29, 1.82) is 0 Å². The molecule has 1 N–H and O–H groups in total. The van der Waals surface area contributed by atoms with E-state index in [1.54, 1.807) is 0 Å². The number of oxazole rings is 1. The van der Waals surface area contributed by atoms with Crippen molar-refractivity contribution in [2.45, 2.75) is 6.10 Å². The summed E-state index contributed by atoms with van der Waals surface area (Å²) < 4.78 is 15.7. The molecule has 1 aromatic heterocycles. The number of nitrogens with one attached hydrogen (secondary N) is 1. The van der Waals surface area contributed by atoms with Crippen molar-refractivity contribution in [2.75, 3.05) is 26.8 Å². The fraction of sp³-hybridized carbons (Fsp3) is 0.385. The van der Waals surface area contributed by atoms with Gasteiger partial charge in [-0.25, -0.2) is 9.78 Å². The Morgan fingerprint density at radius 3 is 3.00 bits per heavy atom. The number of nitrogens with zero attached hydrogens (tertiary/aromatic N) is 2. The number of morpholine rings is 1. The zero-order valence-electron chi connectivity index (χ0n) is 11.7. The average Bonchev–Trinajstić information content (AvgIpc) is 2.96. The minimum atomic E-state index is -0.804. The molecular weight excluding hydrogens is 294 g/mol. The van der Waals surface area contributed by atoms with Gasteiger partial charge < -0.3 is 19.2 Å². The van der Waals surface area contributed by atoms with E-state index in [0.29, 0.717) is 24.6 Å². The number of esters is 1. The molecule has 0 amide bonds. The number of carbonyl (C=O) groups excluding carboxylic acids is 1. The van der Waals surface area contributed by atoms with Gasteiger partial charge in [-0.1, -0.05) is 0 Å². The summed E-state index contributed by atoms with van der Waals surface area (Å²) in [5, 5.41) is 14.2. The molecule has 1 aliphatic heterocycles. The van der Waals surface area contributed by atoms with Crippen LogP contribution >= 0.6 is 0 Å². The summed E-state index contributed by atoms with van der Waals surface area (Å²) in [5.41, 5.74) is 0.0194. The van der Waals surface area contributed by atoms with Crippen LogP contribution in [0.25, 0.3) is 11.1 Å². The van der Waals surface area contributed by atoms with Crippen molar-refractivity contribution < 1.29 is 23.6 Å². The number of benzene rings is 1. The Labute approximate surface area is 124 Å². The number of nitro groups is 1. The summed E-state index contributed by atoms with van der Waals surface area (Å²) in [5.74, 6) is -0.486. The predicted octanol–water partition coefficient (Wildman–Crippen LogP) is 1.18. The maximum Gasteiger partial charge on any atom is 0.345 e. The first-order valence-corrected chi connectivity index (χ1v) is 6.59. The Morgan fingerprint density at radius 2 is 2.36 bits per heavy atom. The van der Waals surface area contributed by atoms with E-state index >= 15 is 0 Å². The molecule has 1 fully saturated rings. The van der Waals surface area contributed by atoms with Gasteiger partial charge in [-0.3, -0.25) is 10.1 Å². The zero-order valence-corrected chi connectivity index (χ0v) is 11.7. The number of hydrogen-bond acceptors (Lipinski definition) is 8. The molecule has 9 heteroatoms. The van der Waals surface area contributed by atoms with Crippen molar-refractivity contribution in [3.8, 4) is 0 Å². The SMILES string of the molecule is COC(=O)c1cc2oc(C3CNCCO3)nc2cc1[N+](=O)[O-]. The first-order valence-electron chi connectivity index (χ1n) is 6.59. The number of hydrogen-bond donors (Lipinski definition) is 1. The standard InChI is InChI=1S/C13H13N3O6/c1-20-13(17)7-4-10-8(5-9(7)16(18)19)15-12(22-10)11-6-14-2-3-21-11/h4-5,11,14H,2-3,6H2,1H3. The highest BCUT2D eigenvalue weighted by molar-refractivity contribution is 5.98. The Bertz CT molecular complexity index is 735. The molecule has 116 valence electrons. The van der Waals surface area contributed by atoms with E-state index < -0.39 is 10.9 Å². The molecule has 2 heterocycles. The number of fused-ring (bicyclic) bond motifs is 1. The van der Waals surface area contributed by atoms with Gasteiger partial charge in [-0.2, -0.15) is 0 Å². The van der Waals surface area contributed by atoms with Gasteiger partial charge in [0, 0.05) is 25.2 Å². The first-order chi connectivity index (χ1) is 10.6. The number of ether oxygens (including phenoxy) is 2. The van der Waals surface area contributed by atoms with Crippen LogP contribution < -0.4 is 5.32 Å². The van der Waals surface area contributed by atoms with E-state index in [-0.39, 0.29) is 22.9 Å². The Balaban J connectivity index is 2.07. The van der Waals surface area contributed by atoms with E-state index in [1.165, 1.54) is 12.1 Å². The molecular formula is C13H13N3O6. The second-order valence-electron chi connectivity index (χ2n) is 4.70. The molecule has 3 rings (SSSR count). The molecule has 1 aliphatic rings. The number of aromatic nitrogens is 1. The van der Waals surface area contributed by atoms with Crippen LogP contribution in [0.3, 0.4) is 0 Å². The molecule has 1 atom stereocenters. The van der Waals surface area contributed by atoms with Crippen LogP contribution in [-0.2, 0) is 9.47 Å². The second kappa shape index (κ2) is 5.70. The maximum atomic E-state index is 11.7. The normalized spacial score (nSPS) is 18.3. The third-order valence-electron chi connectivity index (χ3n) is 3.33. The van der Waals surface area contributed by atoms with Crippen LogP contribution in [0.5, 0.6) is 0 Å². The lowest BCUT2D eigenvalue weighted by atomic mass is 10.1. The van der Waals surface area contributed by atoms with Crippen molar-refractivity contribution >= 4 is 22.8 Å². The molecule has 1 aromatic carbocycles. The summed E-state index contributed by atoms with van der Waals surface area (Å²) in [6.07, 6.45) is -0.359. The highest BCUT2D eigenvalue weighted by atomic mass is 16.6. The summed E-state index contributed by atoms with van der Waals surface area (Å²) in [6.45, 7) is 1.81. The smallest absolute Gasteiger partial charge is 0.345 e. The number of rotatable bonds is 3. The Hall–Kier alpha value is -2.52. The number of methoxy groups -OCH3 is 1. The Morgan fingerprint density at radius 1 is 1.55 bits per heavy atom. The lowest BCUT2D eigenvalue weighted by Gasteiger charge is -2.20. The first kappa shape index (κ1) is 14.4. The monoisotopic (exact) mass is 307 g/mol. The fourth-order valence-electron chi connectivity index (χ4n) is 2.27. The molecule has 1 saturated heterocycles. The van der Waals surface area contributed by atoms with E-state index in [4.69, 9.17) is 9.15 Å². The van der Waals surface area contributed by atoms with Gasteiger partial charge in [0.15, 0.2) is 5.58 Å². The zero-order chi connectivity index (χ0) is 15.7. The molecule has 0 saturated carbocycles. The van der Waals surface area contributed by atoms with E-state index in [9.17, 15) is 14.9 Å². The van der Waals surface area contributed by atoms with Crippen LogP contribution in [0.2, 0.25) is 0 Å². The van der Waals surface area contributed by atoms with Crippen LogP contribution in [0.4, 0.5) is 5.69 Å². The lowest BCUT2D eigenvalue weighted by Crippen LogP contribution is -2.33. The van der Waals surface area contributed by atoms with Crippen LogP contribution in [0, 0.1) is 10.1 Å². The van der Waals surface area contributed by atoms with Gasteiger partial charge >= 0.3 is 5.97 Å². The van der Waals surface area contributed by atoms with E-state index in [1.807, 2.05) is 0 Å². The van der Waals surface area contributed by atoms with Crippen molar-refractivity contribution in [2.24, 2.45) is 0 Å². The van der Waals surface area contributed by atoms with Crippen LogP contribution in [0.1, 0.15) is 22.4 Å². The minimum Gasteiger partial charge on any atom is -0.465 e. The van der Waals surface area contributed by atoms with Crippen molar-refractivity contribution in [3.63, 3.8) is 0 Å². The van der Waals surface area contributed by atoms with E-state index in [2.05, 4.69) is 15.0 Å². The maximum absolute atomic E-state index is 11.7. The highest BCUT2D eigenvalue weighted by Gasteiger charge is 2.26. The average molecular weight is 307 g/mol. The largest absolute Gasteiger partial charge is 0.465 e. The third kappa shape index (κ3) is 2.51. The fourth-order valence-corrected chi connectivity index (χ4v) is 2.27. The van der Waals surface area contributed by atoms with Gasteiger partial charge in [-0.05, 0) is 0 Å². The highest BCUT2D eigenvalue weighted by Crippen LogP contribution is 2.29. The van der Waals surface area contributed by atoms with Gasteiger partial charge in [-0.15, -0.1) is 0 Å². The second-order valence-corrected chi connectivity index (χ2v) is 4.70. The number of carbonyl (C=O) groups is 1. The summed E-state index contributed by atoms with van der Waals surface area (Å²) in [7, 11) is 1.16. The van der Waals surface area contributed by atoms with Gasteiger partial charge in [0.05, 0.1) is 18.6 Å². The summed E-state index contributed by atoms with van der Waals surface area (Å²) in [6, 6.07) is 2.47. The summed E-state index contributed by atoms with van der Waals surface area (Å²) >= 11 is 0. The van der Waals surface area contributed by atoms with Crippen LogP contribution in [-0.4, -0.2) is 42.7 Å². The van der Waals surface area contributed by atoms with Gasteiger partial charge in [0.2, 0.25) is 5.89 Å². The molecule has 0 bridgehead atoms. The van der Waals surface area contributed by atoms with Gasteiger partial charge in [0.25, 0.3) is 5.69 Å². The number of nitro benzene ring substituents is 1. The quantitative estimate of drug-likeness (QED) is 0.510.